The monoisotopic (exact) mass is 274 g/mol. The lowest BCUT2D eigenvalue weighted by atomic mass is 9.80. The van der Waals surface area contributed by atoms with Crippen LogP contribution in [0.2, 0.25) is 0 Å². The van der Waals surface area contributed by atoms with E-state index in [0.717, 1.165) is 18.7 Å². The largest absolute Gasteiger partial charge is 0.398 e. The summed E-state index contributed by atoms with van der Waals surface area (Å²) in [6.07, 6.45) is 1.50. The third-order valence-corrected chi connectivity index (χ3v) is 4.61. The smallest absolute Gasteiger partial charge is 0.223 e. The zero-order valence-corrected chi connectivity index (χ0v) is 13.1. The summed E-state index contributed by atoms with van der Waals surface area (Å²) < 4.78 is 0. The second-order valence-corrected chi connectivity index (χ2v) is 7.02. The zero-order chi connectivity index (χ0) is 14.9. The Morgan fingerprint density at radius 3 is 2.75 bits per heavy atom. The van der Waals surface area contributed by atoms with Crippen molar-refractivity contribution in [2.45, 2.75) is 47.1 Å². The number of rotatable bonds is 2. The second kappa shape index (κ2) is 5.47. The Morgan fingerprint density at radius 2 is 2.10 bits per heavy atom. The zero-order valence-electron chi connectivity index (χ0n) is 13.1. The van der Waals surface area contributed by atoms with Gasteiger partial charge in [-0.2, -0.15) is 0 Å². The Hall–Kier alpha value is -1.51. The fourth-order valence-electron chi connectivity index (χ4n) is 2.55. The molecule has 0 aliphatic carbocycles. The number of nitrogens with zero attached hydrogens (tertiary/aromatic N) is 1. The van der Waals surface area contributed by atoms with Gasteiger partial charge in [-0.05, 0) is 34.9 Å². The Labute approximate surface area is 122 Å². The molecule has 1 aromatic carbocycles. The van der Waals surface area contributed by atoms with Crippen molar-refractivity contribution < 1.29 is 4.79 Å². The van der Waals surface area contributed by atoms with Crippen molar-refractivity contribution >= 4 is 11.6 Å². The third kappa shape index (κ3) is 3.14. The van der Waals surface area contributed by atoms with Crippen LogP contribution < -0.4 is 5.73 Å². The summed E-state index contributed by atoms with van der Waals surface area (Å²) in [6, 6.07) is 6.00. The molecule has 1 aromatic rings. The first-order valence-electron chi connectivity index (χ1n) is 7.43. The van der Waals surface area contributed by atoms with Gasteiger partial charge in [-0.1, -0.05) is 39.8 Å². The lowest BCUT2D eigenvalue weighted by Gasteiger charge is -2.33. The van der Waals surface area contributed by atoms with Crippen molar-refractivity contribution in [3.63, 3.8) is 0 Å². The summed E-state index contributed by atoms with van der Waals surface area (Å²) in [7, 11) is 0. The van der Waals surface area contributed by atoms with Gasteiger partial charge in [0.05, 0.1) is 0 Å². The maximum atomic E-state index is 12.4. The highest BCUT2D eigenvalue weighted by atomic mass is 16.2. The van der Waals surface area contributed by atoms with E-state index in [0.29, 0.717) is 18.9 Å². The van der Waals surface area contributed by atoms with Crippen LogP contribution in [0.1, 0.15) is 45.2 Å². The fraction of sp³-hybridized carbons (Fsp3) is 0.588. The van der Waals surface area contributed by atoms with Gasteiger partial charge in [-0.25, -0.2) is 0 Å². The van der Waals surface area contributed by atoms with E-state index >= 15 is 0 Å². The van der Waals surface area contributed by atoms with Gasteiger partial charge < -0.3 is 10.6 Å². The van der Waals surface area contributed by atoms with Gasteiger partial charge in [0.1, 0.15) is 0 Å². The van der Waals surface area contributed by atoms with Crippen LogP contribution >= 0.6 is 0 Å². The number of nitrogen functional groups attached to an aromatic ring is 1. The molecule has 0 saturated carbocycles. The fourth-order valence-corrected chi connectivity index (χ4v) is 2.55. The van der Waals surface area contributed by atoms with E-state index in [1.54, 1.807) is 0 Å². The quantitative estimate of drug-likeness (QED) is 0.842. The lowest BCUT2D eigenvalue weighted by Crippen LogP contribution is -2.38. The normalized spacial score (nSPS) is 16.7. The van der Waals surface area contributed by atoms with Crippen molar-refractivity contribution in [1.82, 2.24) is 4.90 Å². The molecule has 0 bridgehead atoms. The maximum Gasteiger partial charge on any atom is 0.223 e. The van der Waals surface area contributed by atoms with Gasteiger partial charge >= 0.3 is 0 Å². The highest BCUT2D eigenvalue weighted by molar-refractivity contribution is 5.77. The Morgan fingerprint density at radius 1 is 1.40 bits per heavy atom. The molecule has 110 valence electrons. The number of carbonyl (C=O) groups excluding carboxylic acids is 1. The topological polar surface area (TPSA) is 46.3 Å². The minimum atomic E-state index is 0.174. The summed E-state index contributed by atoms with van der Waals surface area (Å²) in [5.41, 5.74) is 9.46. The van der Waals surface area contributed by atoms with Gasteiger partial charge in [0.25, 0.3) is 0 Å². The third-order valence-electron chi connectivity index (χ3n) is 4.61. The van der Waals surface area contributed by atoms with Crippen LogP contribution in [0.15, 0.2) is 18.2 Å². The number of amides is 1. The first-order chi connectivity index (χ1) is 9.29. The van der Waals surface area contributed by atoms with Crippen molar-refractivity contribution in [1.29, 1.82) is 0 Å². The molecule has 2 N–H and O–H groups in total. The standard InChI is InChI=1S/C17H26N2O/c1-12(17(2,3)4)10-16(20)19-9-8-14-13(11-19)6-5-7-15(14)18/h5-7,12H,8-11,18H2,1-4H3. The van der Waals surface area contributed by atoms with E-state index in [2.05, 4.69) is 33.8 Å². The molecule has 3 heteroatoms. The number of benzene rings is 1. The molecule has 1 amide bonds. The minimum Gasteiger partial charge on any atom is -0.398 e. The predicted molar refractivity (Wildman–Crippen MR) is 83.2 cm³/mol. The van der Waals surface area contributed by atoms with Crippen molar-refractivity contribution in [2.75, 3.05) is 12.3 Å². The lowest BCUT2D eigenvalue weighted by molar-refractivity contribution is -0.133. The summed E-state index contributed by atoms with van der Waals surface area (Å²) in [4.78, 5) is 14.4. The Kier molecular flexibility index (Phi) is 4.07. The Balaban J connectivity index is 2.04. The number of nitrogens with two attached hydrogens (primary N) is 1. The number of hydrogen-bond donors (Lipinski definition) is 1. The van der Waals surface area contributed by atoms with Crippen molar-refractivity contribution in [3.8, 4) is 0 Å². The van der Waals surface area contributed by atoms with Crippen LogP contribution in [0.25, 0.3) is 0 Å². The summed E-state index contributed by atoms with van der Waals surface area (Å²) >= 11 is 0. The van der Waals surface area contributed by atoms with Gasteiger partial charge in [0, 0.05) is 25.2 Å². The first-order valence-corrected chi connectivity index (χ1v) is 7.43. The minimum absolute atomic E-state index is 0.174. The van der Waals surface area contributed by atoms with E-state index in [1.165, 1.54) is 11.1 Å². The summed E-state index contributed by atoms with van der Waals surface area (Å²) in [6.45, 7) is 10.2. The molecule has 20 heavy (non-hydrogen) atoms. The summed E-state index contributed by atoms with van der Waals surface area (Å²) in [5.74, 6) is 0.651. The molecule has 1 aliphatic rings. The van der Waals surface area contributed by atoms with Crippen LogP contribution in [-0.4, -0.2) is 17.4 Å². The Bertz CT molecular complexity index is 502. The molecule has 1 aliphatic heterocycles. The van der Waals surface area contributed by atoms with Crippen molar-refractivity contribution in [2.24, 2.45) is 11.3 Å². The highest BCUT2D eigenvalue weighted by Crippen LogP contribution is 2.30. The van der Waals surface area contributed by atoms with Crippen molar-refractivity contribution in [3.05, 3.63) is 29.3 Å². The van der Waals surface area contributed by atoms with Crippen LogP contribution in [-0.2, 0) is 17.8 Å². The number of hydrogen-bond acceptors (Lipinski definition) is 2. The van der Waals surface area contributed by atoms with E-state index in [9.17, 15) is 4.79 Å². The molecule has 0 fully saturated rings. The van der Waals surface area contributed by atoms with E-state index < -0.39 is 0 Å². The molecule has 0 saturated heterocycles. The van der Waals surface area contributed by atoms with Gasteiger partial charge in [0.2, 0.25) is 5.91 Å². The summed E-state index contributed by atoms with van der Waals surface area (Å²) in [5, 5.41) is 0. The predicted octanol–water partition coefficient (Wildman–Crippen LogP) is 3.23. The first kappa shape index (κ1) is 14.9. The number of fused-ring (bicyclic) bond motifs is 1. The molecule has 1 heterocycles. The van der Waals surface area contributed by atoms with Crippen LogP contribution in [0.5, 0.6) is 0 Å². The van der Waals surface area contributed by atoms with Gasteiger partial charge in [-0.15, -0.1) is 0 Å². The maximum absolute atomic E-state index is 12.4. The van der Waals surface area contributed by atoms with E-state index in [4.69, 9.17) is 5.73 Å². The molecule has 0 aromatic heterocycles. The van der Waals surface area contributed by atoms with Crippen LogP contribution in [0.3, 0.4) is 0 Å². The molecule has 2 rings (SSSR count). The number of carbonyl (C=O) groups is 1. The average molecular weight is 274 g/mol. The number of anilines is 1. The molecule has 0 radical (unpaired) electrons. The van der Waals surface area contributed by atoms with Gasteiger partial charge in [0.15, 0.2) is 0 Å². The highest BCUT2D eigenvalue weighted by Gasteiger charge is 2.27. The SMILES string of the molecule is CC(CC(=O)N1CCc2c(N)cccc2C1)C(C)(C)C. The molecular weight excluding hydrogens is 248 g/mol. The second-order valence-electron chi connectivity index (χ2n) is 7.02. The average Bonchev–Trinajstić information content (AvgIpc) is 2.37. The van der Waals surface area contributed by atoms with E-state index in [1.807, 2.05) is 17.0 Å². The van der Waals surface area contributed by atoms with Crippen LogP contribution in [0.4, 0.5) is 5.69 Å². The molecule has 3 nitrogen and oxygen atoms in total. The van der Waals surface area contributed by atoms with Crippen LogP contribution in [0, 0.1) is 11.3 Å². The van der Waals surface area contributed by atoms with Gasteiger partial charge in [-0.3, -0.25) is 4.79 Å². The molecule has 1 unspecified atom stereocenters. The van der Waals surface area contributed by atoms with E-state index in [-0.39, 0.29) is 11.3 Å². The molecular formula is C17H26N2O. The molecule has 0 spiro atoms. The molecule has 1 atom stereocenters.